The highest BCUT2D eigenvalue weighted by Crippen LogP contribution is 2.22. The number of amides is 1. The Morgan fingerprint density at radius 3 is 2.61 bits per heavy atom. The van der Waals surface area contributed by atoms with E-state index in [1.807, 2.05) is 32.0 Å². The summed E-state index contributed by atoms with van der Waals surface area (Å²) in [4.78, 5) is 13.8. The predicted octanol–water partition coefficient (Wildman–Crippen LogP) is 0.915. The van der Waals surface area contributed by atoms with Crippen LogP contribution >= 0.6 is 0 Å². The molecule has 0 radical (unpaired) electrons. The number of carbonyl (C=O) groups excluding carboxylic acids is 1. The number of carbonyl (C=O) groups is 1. The molecule has 128 valence electrons. The number of hydrogen-bond acceptors (Lipinski definition) is 5. The smallest absolute Gasteiger partial charge is 0.260 e. The van der Waals surface area contributed by atoms with Gasteiger partial charge in [-0.2, -0.15) is 0 Å². The molecule has 1 aliphatic heterocycles. The molecule has 0 aliphatic carbocycles. The quantitative estimate of drug-likeness (QED) is 0.872. The zero-order valence-corrected chi connectivity index (χ0v) is 14.1. The van der Waals surface area contributed by atoms with Crippen LogP contribution in [0.5, 0.6) is 5.75 Å². The van der Waals surface area contributed by atoms with Crippen LogP contribution in [-0.4, -0.2) is 68.1 Å². The van der Waals surface area contributed by atoms with Crippen LogP contribution in [0.1, 0.15) is 11.1 Å². The Bertz CT molecular complexity index is 528. The van der Waals surface area contributed by atoms with E-state index in [4.69, 9.17) is 14.2 Å². The van der Waals surface area contributed by atoms with Gasteiger partial charge in [-0.15, -0.1) is 0 Å². The van der Waals surface area contributed by atoms with E-state index in [9.17, 15) is 9.90 Å². The van der Waals surface area contributed by atoms with Gasteiger partial charge in [-0.05, 0) is 25.0 Å². The van der Waals surface area contributed by atoms with E-state index in [0.29, 0.717) is 6.61 Å². The second kappa shape index (κ2) is 7.77. The molecule has 1 aliphatic rings. The molecule has 1 fully saturated rings. The third kappa shape index (κ3) is 4.02. The van der Waals surface area contributed by atoms with Gasteiger partial charge in [0.05, 0.1) is 19.3 Å². The molecule has 1 N–H and O–H groups in total. The highest BCUT2D eigenvalue weighted by atomic mass is 16.5. The lowest BCUT2D eigenvalue weighted by atomic mass is 10.0. The summed E-state index contributed by atoms with van der Waals surface area (Å²) in [6.45, 7) is 4.42. The van der Waals surface area contributed by atoms with Crippen LogP contribution in [0.25, 0.3) is 0 Å². The number of ether oxygens (including phenoxy) is 3. The summed E-state index contributed by atoms with van der Waals surface area (Å²) in [5, 5.41) is 10.3. The molecule has 1 heterocycles. The van der Waals surface area contributed by atoms with E-state index in [1.54, 1.807) is 7.05 Å². The number of aliphatic hydroxyl groups excluding tert-OH is 1. The number of hydrogen-bond donors (Lipinski definition) is 1. The number of aryl methyl sites for hydroxylation is 2. The van der Waals surface area contributed by atoms with Gasteiger partial charge in [0.15, 0.2) is 6.61 Å². The van der Waals surface area contributed by atoms with Crippen LogP contribution in [-0.2, 0) is 14.3 Å². The summed E-state index contributed by atoms with van der Waals surface area (Å²) in [5.41, 5.74) is 1.97. The Labute approximate surface area is 136 Å². The molecule has 1 aromatic carbocycles. The van der Waals surface area contributed by atoms with Gasteiger partial charge in [0, 0.05) is 14.2 Å². The summed E-state index contributed by atoms with van der Waals surface area (Å²) in [6, 6.07) is 5.39. The van der Waals surface area contributed by atoms with E-state index in [2.05, 4.69) is 0 Å². The summed E-state index contributed by atoms with van der Waals surface area (Å²) in [7, 11) is 3.16. The maximum absolute atomic E-state index is 12.4. The standard InChI is InChI=1S/C17H25NO5/c1-11-6-5-7-12(2)17(11)23-10-15(19)18(3)13-8-22-9-14(21-4)16(13)20/h5-7,13-14,16,20H,8-10H2,1-4H3/t13-,14-,16+/m1/s1. The number of benzene rings is 1. The molecular formula is C17H25NO5. The lowest BCUT2D eigenvalue weighted by Gasteiger charge is -2.38. The van der Waals surface area contributed by atoms with Crippen LogP contribution in [0.3, 0.4) is 0 Å². The van der Waals surface area contributed by atoms with Crippen molar-refractivity contribution in [1.82, 2.24) is 4.90 Å². The molecule has 0 unspecified atom stereocenters. The molecule has 6 nitrogen and oxygen atoms in total. The van der Waals surface area contributed by atoms with Crippen molar-refractivity contribution in [3.05, 3.63) is 29.3 Å². The van der Waals surface area contributed by atoms with E-state index >= 15 is 0 Å². The lowest BCUT2D eigenvalue weighted by molar-refractivity contribution is -0.159. The monoisotopic (exact) mass is 323 g/mol. The summed E-state index contributed by atoms with van der Waals surface area (Å²) in [6.07, 6.45) is -1.20. The minimum Gasteiger partial charge on any atom is -0.483 e. The Morgan fingerprint density at radius 2 is 2.00 bits per heavy atom. The van der Waals surface area contributed by atoms with Crippen molar-refractivity contribution in [2.75, 3.05) is 34.0 Å². The molecule has 1 saturated heterocycles. The minimum atomic E-state index is -0.775. The first-order chi connectivity index (χ1) is 11.0. The number of rotatable bonds is 5. The van der Waals surface area contributed by atoms with Crippen LogP contribution < -0.4 is 4.74 Å². The third-order valence-corrected chi connectivity index (χ3v) is 4.29. The molecule has 0 spiro atoms. The molecule has 1 amide bonds. The topological polar surface area (TPSA) is 68.2 Å². The molecular weight excluding hydrogens is 298 g/mol. The van der Waals surface area contributed by atoms with Crippen molar-refractivity contribution < 1.29 is 24.1 Å². The molecule has 23 heavy (non-hydrogen) atoms. The maximum atomic E-state index is 12.4. The summed E-state index contributed by atoms with van der Waals surface area (Å²) < 4.78 is 16.3. The van der Waals surface area contributed by atoms with Crippen molar-refractivity contribution >= 4 is 5.91 Å². The van der Waals surface area contributed by atoms with Crippen LogP contribution in [0, 0.1) is 13.8 Å². The molecule has 0 saturated carbocycles. The summed E-state index contributed by atoms with van der Waals surface area (Å²) >= 11 is 0. The number of methoxy groups -OCH3 is 1. The van der Waals surface area contributed by atoms with E-state index in [1.165, 1.54) is 12.0 Å². The first-order valence-corrected chi connectivity index (χ1v) is 7.69. The zero-order chi connectivity index (χ0) is 17.0. The van der Waals surface area contributed by atoms with Gasteiger partial charge >= 0.3 is 0 Å². The number of aliphatic hydroxyl groups is 1. The molecule has 2 rings (SSSR count). The van der Waals surface area contributed by atoms with E-state index in [0.717, 1.165) is 16.9 Å². The Balaban J connectivity index is 1.97. The Hall–Kier alpha value is -1.63. The Morgan fingerprint density at radius 1 is 1.35 bits per heavy atom. The van der Waals surface area contributed by atoms with Crippen LogP contribution in [0.2, 0.25) is 0 Å². The second-order valence-electron chi connectivity index (χ2n) is 5.88. The normalized spacial score (nSPS) is 24.3. The first-order valence-electron chi connectivity index (χ1n) is 7.69. The molecule has 6 heteroatoms. The van der Waals surface area contributed by atoms with E-state index < -0.39 is 18.2 Å². The molecule has 0 aromatic heterocycles. The number of para-hydroxylation sites is 1. The largest absolute Gasteiger partial charge is 0.483 e. The van der Waals surface area contributed by atoms with Gasteiger partial charge < -0.3 is 24.2 Å². The van der Waals surface area contributed by atoms with Gasteiger partial charge in [-0.3, -0.25) is 4.79 Å². The summed E-state index contributed by atoms with van der Waals surface area (Å²) in [5.74, 6) is 0.515. The fourth-order valence-electron chi connectivity index (χ4n) is 2.75. The predicted molar refractivity (Wildman–Crippen MR) is 85.6 cm³/mol. The average molecular weight is 323 g/mol. The van der Waals surface area contributed by atoms with Crippen molar-refractivity contribution in [2.45, 2.75) is 32.1 Å². The number of likely N-dealkylation sites (N-methyl/N-ethyl adjacent to an activating group) is 1. The van der Waals surface area contributed by atoms with Gasteiger partial charge in [-0.1, -0.05) is 18.2 Å². The fraction of sp³-hybridized carbons (Fsp3) is 0.588. The van der Waals surface area contributed by atoms with Crippen molar-refractivity contribution in [1.29, 1.82) is 0 Å². The van der Waals surface area contributed by atoms with Crippen molar-refractivity contribution in [3.8, 4) is 5.75 Å². The molecule has 1 aromatic rings. The van der Waals surface area contributed by atoms with Gasteiger partial charge in [0.2, 0.25) is 0 Å². The van der Waals surface area contributed by atoms with Crippen molar-refractivity contribution in [3.63, 3.8) is 0 Å². The zero-order valence-electron chi connectivity index (χ0n) is 14.1. The van der Waals surface area contributed by atoms with Gasteiger partial charge in [-0.25, -0.2) is 0 Å². The third-order valence-electron chi connectivity index (χ3n) is 4.29. The second-order valence-corrected chi connectivity index (χ2v) is 5.88. The van der Waals surface area contributed by atoms with Crippen LogP contribution in [0.15, 0.2) is 18.2 Å². The van der Waals surface area contributed by atoms with E-state index in [-0.39, 0.29) is 19.1 Å². The molecule has 3 atom stereocenters. The highest BCUT2D eigenvalue weighted by molar-refractivity contribution is 5.78. The molecule has 0 bridgehead atoms. The van der Waals surface area contributed by atoms with Crippen LogP contribution in [0.4, 0.5) is 0 Å². The Kier molecular flexibility index (Phi) is 5.98. The SMILES string of the molecule is CO[C@@H]1COC[C@@H](N(C)C(=O)COc2c(C)cccc2C)[C@@H]1O. The first kappa shape index (κ1) is 17.7. The van der Waals surface area contributed by atoms with Crippen molar-refractivity contribution in [2.24, 2.45) is 0 Å². The lowest BCUT2D eigenvalue weighted by Crippen LogP contribution is -2.57. The van der Waals surface area contributed by atoms with Gasteiger partial charge in [0.1, 0.15) is 18.0 Å². The average Bonchev–Trinajstić information content (AvgIpc) is 2.53. The fourth-order valence-corrected chi connectivity index (χ4v) is 2.75. The highest BCUT2D eigenvalue weighted by Gasteiger charge is 2.37. The number of nitrogens with zero attached hydrogens (tertiary/aromatic N) is 1. The minimum absolute atomic E-state index is 0.0803. The van der Waals surface area contributed by atoms with Gasteiger partial charge in [0.25, 0.3) is 5.91 Å². The maximum Gasteiger partial charge on any atom is 0.260 e.